The lowest BCUT2D eigenvalue weighted by Crippen LogP contribution is -2.32. The van der Waals surface area contributed by atoms with Crippen LogP contribution in [0, 0.1) is 0 Å². The van der Waals surface area contributed by atoms with E-state index in [0.29, 0.717) is 28.6 Å². The predicted octanol–water partition coefficient (Wildman–Crippen LogP) is 2.98. The van der Waals surface area contributed by atoms with Crippen molar-refractivity contribution in [2.45, 2.75) is 18.9 Å². The molecule has 0 atom stereocenters. The third-order valence-electron chi connectivity index (χ3n) is 2.87. The van der Waals surface area contributed by atoms with Gasteiger partial charge in [0.25, 0.3) is 0 Å². The average Bonchev–Trinajstić information content (AvgIpc) is 2.26. The third-order valence-corrected chi connectivity index (χ3v) is 5.21. The summed E-state index contributed by atoms with van der Waals surface area (Å²) in [7, 11) is -2.83. The molecule has 94 valence electrons. The van der Waals surface area contributed by atoms with Gasteiger partial charge in [0.2, 0.25) is 0 Å². The molecule has 6 heteroatoms. The van der Waals surface area contributed by atoms with Crippen molar-refractivity contribution >= 4 is 38.7 Å². The van der Waals surface area contributed by atoms with E-state index in [0.717, 1.165) is 0 Å². The molecule has 0 saturated carbocycles. The molecule has 0 spiro atoms. The Balaban J connectivity index is 2.08. The monoisotopic (exact) mass is 293 g/mol. The molecule has 17 heavy (non-hydrogen) atoms. The summed E-state index contributed by atoms with van der Waals surface area (Å²) in [5.74, 6) is 0.458. The Bertz CT molecular complexity index is 482. The molecular formula is C11H13Cl2NO2S. The number of halogens is 2. The van der Waals surface area contributed by atoms with E-state index in [-0.39, 0.29) is 17.5 Å². The summed E-state index contributed by atoms with van der Waals surface area (Å²) in [4.78, 5) is 0. The molecule has 0 aliphatic carbocycles. The van der Waals surface area contributed by atoms with Crippen LogP contribution < -0.4 is 5.32 Å². The number of hydrogen-bond donors (Lipinski definition) is 1. The summed E-state index contributed by atoms with van der Waals surface area (Å²) in [5.41, 5.74) is 0.695. The first-order valence-electron chi connectivity index (χ1n) is 5.39. The van der Waals surface area contributed by atoms with E-state index in [1.807, 2.05) is 0 Å². The van der Waals surface area contributed by atoms with E-state index in [1.165, 1.54) is 0 Å². The molecule has 0 bridgehead atoms. The first-order valence-corrected chi connectivity index (χ1v) is 7.97. The van der Waals surface area contributed by atoms with Gasteiger partial charge in [-0.2, -0.15) is 0 Å². The lowest BCUT2D eigenvalue weighted by Gasteiger charge is -2.25. The Hall–Kier alpha value is -0.450. The van der Waals surface area contributed by atoms with Crippen LogP contribution in [0.2, 0.25) is 10.0 Å². The minimum Gasteiger partial charge on any atom is -0.380 e. The highest BCUT2D eigenvalue weighted by atomic mass is 35.5. The zero-order chi connectivity index (χ0) is 12.5. The molecule has 3 nitrogen and oxygen atoms in total. The molecule has 1 aliphatic rings. The van der Waals surface area contributed by atoms with Crippen molar-refractivity contribution in [1.82, 2.24) is 0 Å². The van der Waals surface area contributed by atoms with Crippen molar-refractivity contribution in [3.63, 3.8) is 0 Å². The first kappa shape index (κ1) is 13.0. The quantitative estimate of drug-likeness (QED) is 0.912. The minimum absolute atomic E-state index is 0.121. The third kappa shape index (κ3) is 3.27. The number of benzene rings is 1. The molecular weight excluding hydrogens is 281 g/mol. The van der Waals surface area contributed by atoms with E-state index in [9.17, 15) is 8.42 Å². The maximum absolute atomic E-state index is 11.3. The van der Waals surface area contributed by atoms with Crippen molar-refractivity contribution in [2.24, 2.45) is 0 Å². The van der Waals surface area contributed by atoms with Crippen LogP contribution in [0.25, 0.3) is 0 Å². The summed E-state index contributed by atoms with van der Waals surface area (Å²) < 4.78 is 22.6. The van der Waals surface area contributed by atoms with Crippen LogP contribution in [0.5, 0.6) is 0 Å². The molecule has 2 rings (SSSR count). The Morgan fingerprint density at radius 2 is 1.65 bits per heavy atom. The van der Waals surface area contributed by atoms with Gasteiger partial charge in [-0.15, -0.1) is 0 Å². The molecule has 1 aliphatic heterocycles. The van der Waals surface area contributed by atoms with E-state index < -0.39 is 9.84 Å². The summed E-state index contributed by atoms with van der Waals surface area (Å²) in [5, 5.41) is 4.35. The summed E-state index contributed by atoms with van der Waals surface area (Å²) >= 11 is 12.1. The Kier molecular flexibility index (Phi) is 3.85. The van der Waals surface area contributed by atoms with Gasteiger partial charge in [-0.1, -0.05) is 29.3 Å². The normalized spacial score (nSPS) is 20.1. The summed E-state index contributed by atoms with van der Waals surface area (Å²) in [6, 6.07) is 5.42. The van der Waals surface area contributed by atoms with Crippen LogP contribution in [0.1, 0.15) is 12.8 Å². The maximum Gasteiger partial charge on any atom is 0.150 e. The zero-order valence-electron chi connectivity index (χ0n) is 9.12. The first-order chi connectivity index (χ1) is 7.98. The Morgan fingerprint density at radius 3 is 2.18 bits per heavy atom. The van der Waals surface area contributed by atoms with E-state index in [1.54, 1.807) is 18.2 Å². The molecule has 0 amide bonds. The van der Waals surface area contributed by atoms with Gasteiger partial charge in [0.1, 0.15) is 9.84 Å². The standard InChI is InChI=1S/C11H13Cl2NO2S/c12-9-2-1-3-10(13)11(9)14-8-4-6-17(15,16)7-5-8/h1-3,8,14H,4-7H2. The van der Waals surface area contributed by atoms with E-state index in [4.69, 9.17) is 23.2 Å². The van der Waals surface area contributed by atoms with Crippen LogP contribution >= 0.6 is 23.2 Å². The fraction of sp³-hybridized carbons (Fsp3) is 0.455. The van der Waals surface area contributed by atoms with Gasteiger partial charge >= 0.3 is 0 Å². The summed E-state index contributed by atoms with van der Waals surface area (Å²) in [6.07, 6.45) is 1.20. The van der Waals surface area contributed by atoms with Crippen LogP contribution in [0.3, 0.4) is 0 Å². The molecule has 0 aromatic heterocycles. The van der Waals surface area contributed by atoms with E-state index >= 15 is 0 Å². The fourth-order valence-electron chi connectivity index (χ4n) is 1.87. The van der Waals surface area contributed by atoms with Crippen molar-refractivity contribution < 1.29 is 8.42 Å². The van der Waals surface area contributed by atoms with Crippen molar-refractivity contribution in [3.8, 4) is 0 Å². The van der Waals surface area contributed by atoms with Gasteiger partial charge < -0.3 is 5.32 Å². The highest BCUT2D eigenvalue weighted by molar-refractivity contribution is 7.91. The second-order valence-corrected chi connectivity index (χ2v) is 7.29. The van der Waals surface area contributed by atoms with Gasteiger partial charge in [-0.25, -0.2) is 8.42 Å². The highest BCUT2D eigenvalue weighted by Gasteiger charge is 2.24. The SMILES string of the molecule is O=S1(=O)CCC(Nc2c(Cl)cccc2Cl)CC1. The van der Waals surface area contributed by atoms with E-state index in [2.05, 4.69) is 5.32 Å². The lowest BCUT2D eigenvalue weighted by atomic mass is 10.1. The zero-order valence-corrected chi connectivity index (χ0v) is 11.4. The van der Waals surface area contributed by atoms with Crippen LogP contribution in [0.4, 0.5) is 5.69 Å². The second-order valence-electron chi connectivity index (χ2n) is 4.17. The number of nitrogens with one attached hydrogen (secondary N) is 1. The largest absolute Gasteiger partial charge is 0.380 e. The average molecular weight is 294 g/mol. The van der Waals surface area contributed by atoms with Gasteiger partial charge in [0.05, 0.1) is 27.2 Å². The number of anilines is 1. The molecule has 0 radical (unpaired) electrons. The fourth-order valence-corrected chi connectivity index (χ4v) is 3.87. The lowest BCUT2D eigenvalue weighted by molar-refractivity contribution is 0.559. The van der Waals surface area contributed by atoms with Crippen molar-refractivity contribution in [2.75, 3.05) is 16.8 Å². The molecule has 1 heterocycles. The molecule has 1 saturated heterocycles. The van der Waals surface area contributed by atoms with Gasteiger partial charge in [-0.3, -0.25) is 0 Å². The van der Waals surface area contributed by atoms with Crippen molar-refractivity contribution in [3.05, 3.63) is 28.2 Å². The molecule has 1 fully saturated rings. The van der Waals surface area contributed by atoms with Gasteiger partial charge in [0, 0.05) is 6.04 Å². The Morgan fingerprint density at radius 1 is 1.12 bits per heavy atom. The number of para-hydroxylation sites is 1. The second kappa shape index (κ2) is 5.04. The maximum atomic E-state index is 11.3. The van der Waals surface area contributed by atoms with Crippen LogP contribution in [0.15, 0.2) is 18.2 Å². The van der Waals surface area contributed by atoms with Crippen LogP contribution in [-0.2, 0) is 9.84 Å². The minimum atomic E-state index is -2.83. The smallest absolute Gasteiger partial charge is 0.150 e. The molecule has 0 unspecified atom stereocenters. The van der Waals surface area contributed by atoms with Gasteiger partial charge in [0.15, 0.2) is 0 Å². The molecule has 1 aromatic rings. The highest BCUT2D eigenvalue weighted by Crippen LogP contribution is 2.31. The molecule has 1 aromatic carbocycles. The topological polar surface area (TPSA) is 46.2 Å². The molecule has 1 N–H and O–H groups in total. The van der Waals surface area contributed by atoms with Crippen LogP contribution in [-0.4, -0.2) is 26.0 Å². The number of rotatable bonds is 2. The van der Waals surface area contributed by atoms with Crippen molar-refractivity contribution in [1.29, 1.82) is 0 Å². The Labute approximate surface area is 111 Å². The summed E-state index contributed by atoms with van der Waals surface area (Å²) in [6.45, 7) is 0. The van der Waals surface area contributed by atoms with Gasteiger partial charge in [-0.05, 0) is 25.0 Å². The predicted molar refractivity (Wildman–Crippen MR) is 71.8 cm³/mol. The number of sulfone groups is 1. The number of hydrogen-bond acceptors (Lipinski definition) is 3.